The molecule has 1 aliphatic rings. The maximum Gasteiger partial charge on any atom is 0.309 e. The summed E-state index contributed by atoms with van der Waals surface area (Å²) in [6.45, 7) is -0.478. The molecule has 166 valence electrons. The van der Waals surface area contributed by atoms with Gasteiger partial charge in [0.25, 0.3) is 0 Å². The van der Waals surface area contributed by atoms with Gasteiger partial charge in [0.15, 0.2) is 24.0 Å². The summed E-state index contributed by atoms with van der Waals surface area (Å²) in [6.07, 6.45) is 0.339. The van der Waals surface area contributed by atoms with Crippen LogP contribution in [0.5, 0.6) is 0 Å². The van der Waals surface area contributed by atoms with Crippen LogP contribution in [0.15, 0.2) is 41.3 Å². The summed E-state index contributed by atoms with van der Waals surface area (Å²) in [5.41, 5.74) is 0.245. The van der Waals surface area contributed by atoms with Gasteiger partial charge >= 0.3 is 5.97 Å². The zero-order valence-corrected chi connectivity index (χ0v) is 18.3. The summed E-state index contributed by atoms with van der Waals surface area (Å²) in [4.78, 5) is 24.1. The highest BCUT2D eigenvalue weighted by Crippen LogP contribution is 2.26. The van der Waals surface area contributed by atoms with Crippen molar-refractivity contribution in [3.63, 3.8) is 0 Å². The molecule has 1 heterocycles. The fourth-order valence-electron chi connectivity index (χ4n) is 3.13. The van der Waals surface area contributed by atoms with E-state index < -0.39 is 45.9 Å². The maximum atomic E-state index is 13.4. The van der Waals surface area contributed by atoms with E-state index in [4.69, 9.17) is 27.9 Å². The van der Waals surface area contributed by atoms with Crippen LogP contribution in [-0.2, 0) is 19.6 Å². The van der Waals surface area contributed by atoms with Crippen molar-refractivity contribution in [3.05, 3.63) is 63.6 Å². The molecule has 6 nitrogen and oxygen atoms in total. The molecule has 0 aromatic heterocycles. The van der Waals surface area contributed by atoms with Gasteiger partial charge in [-0.3, -0.25) is 9.59 Å². The topological polar surface area (TPSA) is 80.8 Å². The second-order valence-electron chi connectivity index (χ2n) is 6.91. The normalized spacial score (nSPS) is 15.6. The molecule has 11 heteroatoms. The van der Waals surface area contributed by atoms with Gasteiger partial charge in [-0.1, -0.05) is 23.2 Å². The summed E-state index contributed by atoms with van der Waals surface area (Å²) in [5.74, 6) is -4.05. The van der Waals surface area contributed by atoms with Crippen LogP contribution in [0.4, 0.5) is 8.78 Å². The predicted molar refractivity (Wildman–Crippen MR) is 110 cm³/mol. The second-order valence-corrected chi connectivity index (χ2v) is 9.67. The summed E-state index contributed by atoms with van der Waals surface area (Å²) in [5, 5.41) is 0.494. The minimum atomic E-state index is -4.02. The van der Waals surface area contributed by atoms with Crippen molar-refractivity contribution in [2.45, 2.75) is 17.7 Å². The van der Waals surface area contributed by atoms with Crippen molar-refractivity contribution in [1.29, 1.82) is 0 Å². The Balaban J connectivity index is 1.55. The van der Waals surface area contributed by atoms with Crippen LogP contribution >= 0.6 is 23.2 Å². The van der Waals surface area contributed by atoms with Gasteiger partial charge in [-0.05, 0) is 49.2 Å². The summed E-state index contributed by atoms with van der Waals surface area (Å²) in [7, 11) is -4.02. The average molecular weight is 492 g/mol. The van der Waals surface area contributed by atoms with Crippen LogP contribution in [0.25, 0.3) is 0 Å². The highest BCUT2D eigenvalue weighted by Gasteiger charge is 2.33. The number of esters is 1. The van der Waals surface area contributed by atoms with E-state index in [0.29, 0.717) is 11.1 Å². The number of halogens is 4. The van der Waals surface area contributed by atoms with Crippen LogP contribution in [0, 0.1) is 17.6 Å². The molecule has 0 aliphatic carbocycles. The fraction of sp³-hybridized carbons (Fsp3) is 0.300. The third-order valence-corrected chi connectivity index (χ3v) is 7.54. The van der Waals surface area contributed by atoms with E-state index in [1.165, 1.54) is 18.2 Å². The van der Waals surface area contributed by atoms with Crippen molar-refractivity contribution >= 4 is 45.0 Å². The molecule has 0 bridgehead atoms. The van der Waals surface area contributed by atoms with Crippen LogP contribution in [0.1, 0.15) is 23.2 Å². The summed E-state index contributed by atoms with van der Waals surface area (Å²) < 4.78 is 57.9. The number of sulfonamides is 1. The standard InChI is InChI=1S/C20H17Cl2F2NO5S/c21-15-3-1-13(9-16(15)22)19(26)11-30-20(27)12-5-7-25(8-6-12)31(28,29)14-2-4-17(23)18(24)10-14/h1-4,9-10,12H,5-8,11H2. The number of hydrogen-bond donors (Lipinski definition) is 0. The monoisotopic (exact) mass is 491 g/mol. The minimum absolute atomic E-state index is 0.00182. The van der Waals surface area contributed by atoms with Crippen molar-refractivity contribution < 1.29 is 31.5 Å². The van der Waals surface area contributed by atoms with Crippen LogP contribution in [0.3, 0.4) is 0 Å². The lowest BCUT2D eigenvalue weighted by Gasteiger charge is -2.30. The van der Waals surface area contributed by atoms with Crippen molar-refractivity contribution in [2.75, 3.05) is 19.7 Å². The van der Waals surface area contributed by atoms with Gasteiger partial charge < -0.3 is 4.74 Å². The fourth-order valence-corrected chi connectivity index (χ4v) is 4.91. The zero-order valence-electron chi connectivity index (χ0n) is 16.0. The van der Waals surface area contributed by atoms with Crippen molar-refractivity contribution in [2.24, 2.45) is 5.92 Å². The van der Waals surface area contributed by atoms with Crippen LogP contribution in [-0.4, -0.2) is 44.2 Å². The maximum absolute atomic E-state index is 13.4. The predicted octanol–water partition coefficient (Wildman–Crippen LogP) is 4.10. The molecule has 2 aromatic carbocycles. The molecule has 0 atom stereocenters. The number of Topliss-reactive ketones (excluding diaryl/α,β-unsaturated/α-hetero) is 1. The Morgan fingerprint density at radius 2 is 1.68 bits per heavy atom. The average Bonchev–Trinajstić information content (AvgIpc) is 2.75. The van der Waals surface area contributed by atoms with Gasteiger partial charge in [0, 0.05) is 18.7 Å². The highest BCUT2D eigenvalue weighted by molar-refractivity contribution is 7.89. The van der Waals surface area contributed by atoms with E-state index in [9.17, 15) is 26.8 Å². The molecular weight excluding hydrogens is 475 g/mol. The zero-order chi connectivity index (χ0) is 22.8. The number of ketones is 1. The molecule has 1 saturated heterocycles. The summed E-state index contributed by atoms with van der Waals surface area (Å²) >= 11 is 11.7. The molecule has 1 aliphatic heterocycles. The van der Waals surface area contributed by atoms with Gasteiger partial charge in [-0.2, -0.15) is 4.31 Å². The number of carbonyl (C=O) groups is 2. The molecule has 3 rings (SSSR count). The van der Waals surface area contributed by atoms with Crippen LogP contribution in [0.2, 0.25) is 10.0 Å². The molecule has 0 radical (unpaired) electrons. The number of rotatable bonds is 6. The number of nitrogens with zero attached hydrogens (tertiary/aromatic N) is 1. The lowest BCUT2D eigenvalue weighted by atomic mass is 9.98. The van der Waals surface area contributed by atoms with Gasteiger partial charge in [0.05, 0.1) is 20.9 Å². The lowest BCUT2D eigenvalue weighted by Crippen LogP contribution is -2.40. The number of carbonyl (C=O) groups excluding carboxylic acids is 2. The van der Waals surface area contributed by atoms with Crippen molar-refractivity contribution in [1.82, 2.24) is 4.31 Å². The SMILES string of the molecule is O=C(COC(=O)C1CCN(S(=O)(=O)c2ccc(F)c(F)c2)CC1)c1ccc(Cl)c(Cl)c1. The Hall–Kier alpha value is -2.07. The van der Waals surface area contributed by atoms with Gasteiger partial charge in [-0.15, -0.1) is 0 Å². The molecule has 2 aromatic rings. The minimum Gasteiger partial charge on any atom is -0.457 e. The Morgan fingerprint density at radius 3 is 2.29 bits per heavy atom. The summed E-state index contributed by atoms with van der Waals surface area (Å²) in [6, 6.07) is 6.66. The smallest absolute Gasteiger partial charge is 0.309 e. The molecule has 0 N–H and O–H groups in total. The van der Waals surface area contributed by atoms with Gasteiger partial charge in [0.1, 0.15) is 0 Å². The Labute approximate surface area is 187 Å². The lowest BCUT2D eigenvalue weighted by molar-refractivity contribution is -0.148. The first-order chi connectivity index (χ1) is 14.6. The van der Waals surface area contributed by atoms with Gasteiger partial charge in [0.2, 0.25) is 10.0 Å². The molecule has 0 amide bonds. The van der Waals surface area contributed by atoms with E-state index >= 15 is 0 Å². The second kappa shape index (κ2) is 9.60. The number of benzene rings is 2. The third kappa shape index (κ3) is 5.41. The first-order valence-corrected chi connectivity index (χ1v) is 11.4. The van der Waals surface area contributed by atoms with E-state index in [2.05, 4.69) is 0 Å². The molecule has 1 fully saturated rings. The highest BCUT2D eigenvalue weighted by atomic mass is 35.5. The first kappa shape index (κ1) is 23.6. The van der Waals surface area contributed by atoms with E-state index in [-0.39, 0.29) is 41.4 Å². The van der Waals surface area contributed by atoms with Crippen molar-refractivity contribution in [3.8, 4) is 0 Å². The number of hydrogen-bond acceptors (Lipinski definition) is 5. The first-order valence-electron chi connectivity index (χ1n) is 9.19. The van der Waals surface area contributed by atoms with E-state index in [0.717, 1.165) is 16.4 Å². The van der Waals surface area contributed by atoms with Gasteiger partial charge in [-0.25, -0.2) is 17.2 Å². The Bertz CT molecular complexity index is 1120. The Kier molecular flexibility index (Phi) is 7.31. The number of piperidine rings is 1. The molecular formula is C20H17Cl2F2NO5S. The Morgan fingerprint density at radius 1 is 1.00 bits per heavy atom. The molecule has 0 unspecified atom stereocenters. The van der Waals surface area contributed by atoms with Crippen LogP contribution < -0.4 is 0 Å². The quantitative estimate of drug-likeness (QED) is 0.448. The largest absolute Gasteiger partial charge is 0.457 e. The van der Waals surface area contributed by atoms with E-state index in [1.807, 2.05) is 0 Å². The number of ether oxygens (including phenoxy) is 1. The molecule has 31 heavy (non-hydrogen) atoms. The molecule has 0 spiro atoms. The van der Waals surface area contributed by atoms with E-state index in [1.54, 1.807) is 0 Å². The molecule has 0 saturated carbocycles. The third-order valence-electron chi connectivity index (χ3n) is 4.90.